The zero-order chi connectivity index (χ0) is 20.4. The molecule has 166 valence electrons. The number of rotatable bonds is 7. The van der Waals surface area contributed by atoms with Crippen molar-refractivity contribution in [2.45, 2.75) is 24.9 Å². The van der Waals surface area contributed by atoms with Gasteiger partial charge in [-0.1, -0.05) is 24.3 Å². The summed E-state index contributed by atoms with van der Waals surface area (Å²) in [5.41, 5.74) is 8.58. The van der Waals surface area contributed by atoms with Crippen LogP contribution in [0.3, 0.4) is 0 Å². The van der Waals surface area contributed by atoms with Crippen molar-refractivity contribution in [3.8, 4) is 5.75 Å². The molecular weight excluding hydrogens is 439 g/mol. The van der Waals surface area contributed by atoms with Gasteiger partial charge >= 0.3 is 5.97 Å². The lowest BCUT2D eigenvalue weighted by Gasteiger charge is -2.15. The van der Waals surface area contributed by atoms with Gasteiger partial charge in [0.1, 0.15) is 17.7 Å². The van der Waals surface area contributed by atoms with Gasteiger partial charge < -0.3 is 25.9 Å². The molecule has 0 radical (unpaired) electrons. The summed E-state index contributed by atoms with van der Waals surface area (Å²) in [6, 6.07) is 14.8. The molecule has 1 fully saturated rings. The molecule has 3 aromatic rings. The Kier molecular flexibility index (Phi) is 8.33. The first-order valence-corrected chi connectivity index (χ1v) is 9.66. The molecule has 1 saturated heterocycles. The molecule has 1 unspecified atom stereocenters. The monoisotopic (exact) mass is 464 g/mol. The van der Waals surface area contributed by atoms with Crippen molar-refractivity contribution in [1.82, 2.24) is 10.3 Å². The maximum absolute atomic E-state index is 11.9. The number of fused-ring (bicyclic) bond motifs is 1. The highest BCUT2D eigenvalue weighted by Crippen LogP contribution is 2.26. The smallest absolute Gasteiger partial charge is 0.311 e. The van der Waals surface area contributed by atoms with Crippen LogP contribution >= 0.6 is 24.8 Å². The number of aliphatic carboxylic acids is 1. The molecule has 0 amide bonds. The number of nitrogen functional groups attached to an aromatic ring is 1. The number of halogens is 2. The minimum absolute atomic E-state index is 0. The molecular formula is C22H26Cl2N4O3. The molecule has 4 rings (SSSR count). The summed E-state index contributed by atoms with van der Waals surface area (Å²) in [6.45, 7) is 1.80. The lowest BCUT2D eigenvalue weighted by atomic mass is 9.94. The third-order valence-electron chi connectivity index (χ3n) is 5.31. The van der Waals surface area contributed by atoms with Crippen LogP contribution in [0, 0.1) is 5.41 Å². The number of aromatic nitrogens is 1. The molecule has 0 bridgehead atoms. The summed E-state index contributed by atoms with van der Waals surface area (Å²) in [7, 11) is 0. The predicted octanol–water partition coefficient (Wildman–Crippen LogP) is 3.45. The van der Waals surface area contributed by atoms with E-state index in [4.69, 9.17) is 15.9 Å². The van der Waals surface area contributed by atoms with E-state index in [-0.39, 0.29) is 36.8 Å². The predicted molar refractivity (Wildman–Crippen MR) is 126 cm³/mol. The second kappa shape index (κ2) is 10.5. The third-order valence-corrected chi connectivity index (χ3v) is 5.31. The van der Waals surface area contributed by atoms with Crippen molar-refractivity contribution in [3.63, 3.8) is 0 Å². The van der Waals surface area contributed by atoms with Crippen LogP contribution < -0.4 is 15.8 Å². The number of nitrogens with two attached hydrogens (primary N) is 1. The van der Waals surface area contributed by atoms with E-state index in [0.29, 0.717) is 12.0 Å². The third kappa shape index (κ3) is 5.70. The van der Waals surface area contributed by atoms with Gasteiger partial charge in [0.05, 0.1) is 5.92 Å². The van der Waals surface area contributed by atoms with Gasteiger partial charge in [-0.15, -0.1) is 24.8 Å². The average molecular weight is 465 g/mol. The SMILES string of the molecule is Cl.Cl.N=C(N)c1ccc2cc(CC(C(=O)O)c3ccc(O[C@H]4CCNC4)cc3)[nH]c2c1. The Morgan fingerprint density at radius 3 is 2.55 bits per heavy atom. The molecule has 2 atom stereocenters. The van der Waals surface area contributed by atoms with Crippen molar-refractivity contribution >= 4 is 47.5 Å². The maximum atomic E-state index is 11.9. The molecule has 1 aliphatic rings. The topological polar surface area (TPSA) is 124 Å². The van der Waals surface area contributed by atoms with E-state index < -0.39 is 11.9 Å². The molecule has 1 aliphatic heterocycles. The summed E-state index contributed by atoms with van der Waals surface area (Å²) in [6.07, 6.45) is 1.49. The number of ether oxygens (including phenoxy) is 1. The zero-order valence-corrected chi connectivity index (χ0v) is 18.4. The van der Waals surface area contributed by atoms with Gasteiger partial charge in [0.15, 0.2) is 0 Å². The fourth-order valence-electron chi connectivity index (χ4n) is 3.73. The van der Waals surface area contributed by atoms with Crippen LogP contribution in [0.15, 0.2) is 48.5 Å². The minimum atomic E-state index is -0.873. The van der Waals surface area contributed by atoms with Crippen LogP contribution in [-0.4, -0.2) is 41.1 Å². The van der Waals surface area contributed by atoms with Gasteiger partial charge in [0.25, 0.3) is 0 Å². The van der Waals surface area contributed by atoms with Crippen molar-refractivity contribution < 1.29 is 14.6 Å². The summed E-state index contributed by atoms with van der Waals surface area (Å²) in [4.78, 5) is 15.2. The van der Waals surface area contributed by atoms with E-state index in [9.17, 15) is 9.90 Å². The highest BCUT2D eigenvalue weighted by molar-refractivity contribution is 5.98. The number of carboxylic acid groups (broad SMARTS) is 1. The van der Waals surface area contributed by atoms with Gasteiger partial charge in [-0.05, 0) is 48.2 Å². The van der Waals surface area contributed by atoms with Crippen LogP contribution in [-0.2, 0) is 11.2 Å². The Bertz CT molecular complexity index is 1050. The fraction of sp³-hybridized carbons (Fsp3) is 0.273. The Labute approximate surface area is 192 Å². The Hall–Kier alpha value is -2.74. The van der Waals surface area contributed by atoms with Crippen LogP contribution in [0.4, 0.5) is 0 Å². The first kappa shape index (κ1) is 24.5. The van der Waals surface area contributed by atoms with Crippen molar-refractivity contribution in [2.24, 2.45) is 5.73 Å². The van der Waals surface area contributed by atoms with E-state index in [2.05, 4.69) is 10.3 Å². The van der Waals surface area contributed by atoms with E-state index in [1.54, 1.807) is 12.1 Å². The molecule has 31 heavy (non-hydrogen) atoms. The normalized spacial score (nSPS) is 16.2. The summed E-state index contributed by atoms with van der Waals surface area (Å²) in [5.74, 6) is -0.782. The van der Waals surface area contributed by atoms with Gasteiger partial charge in [-0.3, -0.25) is 10.2 Å². The van der Waals surface area contributed by atoms with Crippen LogP contribution in [0.5, 0.6) is 5.75 Å². The molecule has 2 heterocycles. The Morgan fingerprint density at radius 2 is 1.94 bits per heavy atom. The number of aromatic amines is 1. The van der Waals surface area contributed by atoms with E-state index in [1.807, 2.05) is 36.4 Å². The van der Waals surface area contributed by atoms with Crippen molar-refractivity contribution in [1.29, 1.82) is 5.41 Å². The van der Waals surface area contributed by atoms with Gasteiger partial charge in [0.2, 0.25) is 0 Å². The first-order chi connectivity index (χ1) is 14.0. The minimum Gasteiger partial charge on any atom is -0.489 e. The number of benzene rings is 2. The quantitative estimate of drug-likeness (QED) is 0.270. The largest absolute Gasteiger partial charge is 0.489 e. The molecule has 2 aromatic carbocycles. The summed E-state index contributed by atoms with van der Waals surface area (Å²) < 4.78 is 5.92. The second-order valence-corrected chi connectivity index (χ2v) is 7.41. The number of nitrogens with one attached hydrogen (secondary N) is 3. The molecule has 7 nitrogen and oxygen atoms in total. The number of H-pyrrole nitrogens is 1. The van der Waals surface area contributed by atoms with E-state index in [1.165, 1.54) is 0 Å². The number of carboxylic acids is 1. The molecule has 6 N–H and O–H groups in total. The van der Waals surface area contributed by atoms with Crippen molar-refractivity contribution in [3.05, 3.63) is 65.4 Å². The lowest BCUT2D eigenvalue weighted by molar-refractivity contribution is -0.138. The van der Waals surface area contributed by atoms with Gasteiger partial charge in [0, 0.05) is 29.7 Å². The molecule has 1 aromatic heterocycles. The Morgan fingerprint density at radius 1 is 1.19 bits per heavy atom. The maximum Gasteiger partial charge on any atom is 0.311 e. The van der Waals surface area contributed by atoms with Crippen LogP contribution in [0.2, 0.25) is 0 Å². The average Bonchev–Trinajstić information content (AvgIpc) is 3.35. The molecule has 9 heteroatoms. The number of carbonyl (C=O) groups is 1. The zero-order valence-electron chi connectivity index (χ0n) is 16.8. The number of hydrogen-bond donors (Lipinski definition) is 5. The molecule has 0 saturated carbocycles. The van der Waals surface area contributed by atoms with E-state index >= 15 is 0 Å². The van der Waals surface area contributed by atoms with Crippen LogP contribution in [0.1, 0.15) is 29.2 Å². The highest BCUT2D eigenvalue weighted by Gasteiger charge is 2.22. The molecule has 0 aliphatic carbocycles. The second-order valence-electron chi connectivity index (χ2n) is 7.41. The number of hydrogen-bond acceptors (Lipinski definition) is 4. The number of amidine groups is 1. The first-order valence-electron chi connectivity index (χ1n) is 9.66. The highest BCUT2D eigenvalue weighted by atomic mass is 35.5. The fourth-order valence-corrected chi connectivity index (χ4v) is 3.73. The molecule has 0 spiro atoms. The Balaban J connectivity index is 0.00000171. The lowest BCUT2D eigenvalue weighted by Crippen LogP contribution is -2.19. The summed E-state index contributed by atoms with van der Waals surface area (Å²) >= 11 is 0. The standard InChI is InChI=1S/C22H24N4O3.2ClH/c23-21(24)15-2-1-14-9-16(26-20(14)10-15)11-19(22(27)28)13-3-5-17(6-4-13)29-18-7-8-25-12-18;;/h1-6,9-10,18-19,25-26H,7-8,11-12H2,(H3,23,24)(H,27,28);2*1H/t18-,19?;;/m0../s1. The van der Waals surface area contributed by atoms with Crippen molar-refractivity contribution in [2.75, 3.05) is 13.1 Å². The van der Waals surface area contributed by atoms with Crippen LogP contribution in [0.25, 0.3) is 10.9 Å². The van der Waals surface area contributed by atoms with E-state index in [0.717, 1.165) is 47.4 Å². The van der Waals surface area contributed by atoms with Gasteiger partial charge in [-0.2, -0.15) is 0 Å². The van der Waals surface area contributed by atoms with Gasteiger partial charge in [-0.25, -0.2) is 0 Å². The summed E-state index contributed by atoms with van der Waals surface area (Å²) in [5, 5.41) is 21.6.